The molecule has 0 atom stereocenters. The third kappa shape index (κ3) is 4.82. The predicted molar refractivity (Wildman–Crippen MR) is 135 cm³/mol. The molecule has 7 nitrogen and oxygen atoms in total. The fourth-order valence-electron chi connectivity index (χ4n) is 4.61. The van der Waals surface area contributed by atoms with Crippen LogP contribution >= 0.6 is 11.8 Å². The Morgan fingerprint density at radius 2 is 1.89 bits per heavy atom. The molecule has 5 rings (SSSR count). The monoisotopic (exact) mass is 493 g/mol. The molecular formula is C26H28FN5O2S. The fraction of sp³-hybridized carbons (Fsp3) is 0.385. The molecule has 9 heteroatoms. The van der Waals surface area contributed by atoms with Gasteiger partial charge in [0.05, 0.1) is 10.9 Å². The molecule has 1 fully saturated rings. The van der Waals surface area contributed by atoms with Gasteiger partial charge >= 0.3 is 0 Å². The highest BCUT2D eigenvalue weighted by Gasteiger charge is 2.21. The quantitative estimate of drug-likeness (QED) is 0.374. The Morgan fingerprint density at radius 3 is 2.60 bits per heavy atom. The molecule has 1 saturated carbocycles. The second kappa shape index (κ2) is 9.81. The van der Waals surface area contributed by atoms with Crippen molar-refractivity contribution in [2.24, 2.45) is 5.92 Å². The van der Waals surface area contributed by atoms with Crippen LogP contribution in [0.3, 0.4) is 0 Å². The van der Waals surface area contributed by atoms with E-state index in [0.717, 1.165) is 31.2 Å². The molecule has 1 aliphatic carbocycles. The minimum Gasteiger partial charge on any atom is -0.349 e. The SMILES string of the molecule is CC(C)Cn1c(=O)c2ccc(C(=O)NC3CCCC3)cc2n2c(SCc3ccc(F)cc3)nnc12. The van der Waals surface area contributed by atoms with E-state index in [1.54, 1.807) is 34.9 Å². The highest BCUT2D eigenvalue weighted by Crippen LogP contribution is 2.26. The summed E-state index contributed by atoms with van der Waals surface area (Å²) in [7, 11) is 0. The molecule has 0 saturated heterocycles. The summed E-state index contributed by atoms with van der Waals surface area (Å²) in [6, 6.07) is 11.8. The van der Waals surface area contributed by atoms with Gasteiger partial charge in [0.15, 0.2) is 5.16 Å². The van der Waals surface area contributed by atoms with Gasteiger partial charge in [-0.25, -0.2) is 4.39 Å². The molecule has 0 spiro atoms. The zero-order valence-electron chi connectivity index (χ0n) is 19.8. The zero-order chi connectivity index (χ0) is 24.5. The molecule has 0 bridgehead atoms. The summed E-state index contributed by atoms with van der Waals surface area (Å²) in [5.41, 5.74) is 1.92. The number of aromatic nitrogens is 4. The van der Waals surface area contributed by atoms with Crippen LogP contribution in [-0.4, -0.2) is 31.1 Å². The minimum absolute atomic E-state index is 0.133. The summed E-state index contributed by atoms with van der Waals surface area (Å²) in [6.07, 6.45) is 4.26. The van der Waals surface area contributed by atoms with Gasteiger partial charge in [0.2, 0.25) is 5.78 Å². The van der Waals surface area contributed by atoms with Crippen LogP contribution in [0.1, 0.15) is 55.5 Å². The highest BCUT2D eigenvalue weighted by atomic mass is 32.2. The van der Waals surface area contributed by atoms with E-state index in [-0.39, 0.29) is 29.2 Å². The third-order valence-corrected chi connectivity index (χ3v) is 7.35. The summed E-state index contributed by atoms with van der Waals surface area (Å²) in [4.78, 5) is 26.4. The molecule has 2 aromatic carbocycles. The maximum atomic E-state index is 13.4. The molecule has 35 heavy (non-hydrogen) atoms. The summed E-state index contributed by atoms with van der Waals surface area (Å²) in [6.45, 7) is 4.59. The van der Waals surface area contributed by atoms with Crippen LogP contribution in [0, 0.1) is 11.7 Å². The number of thioether (sulfide) groups is 1. The smallest absolute Gasteiger partial charge is 0.262 e. The van der Waals surface area contributed by atoms with Crippen LogP contribution in [0.2, 0.25) is 0 Å². The number of nitrogens with zero attached hydrogens (tertiary/aromatic N) is 4. The van der Waals surface area contributed by atoms with E-state index in [1.165, 1.54) is 23.9 Å². The standard InChI is InChI=1S/C26H28FN5O2S/c1-16(2)14-31-24(34)21-12-9-18(23(33)28-20-5-3-4-6-20)13-22(21)32-25(31)29-30-26(32)35-15-17-7-10-19(27)11-8-17/h7-13,16,20H,3-6,14-15H2,1-2H3,(H,28,33). The van der Waals surface area contributed by atoms with Crippen LogP contribution in [0.5, 0.6) is 0 Å². The Bertz CT molecular complexity index is 1440. The Morgan fingerprint density at radius 1 is 1.14 bits per heavy atom. The first-order chi connectivity index (χ1) is 16.9. The lowest BCUT2D eigenvalue weighted by atomic mass is 10.1. The van der Waals surface area contributed by atoms with E-state index >= 15 is 0 Å². The van der Waals surface area contributed by atoms with Crippen molar-refractivity contribution < 1.29 is 9.18 Å². The van der Waals surface area contributed by atoms with Gasteiger partial charge < -0.3 is 5.32 Å². The lowest BCUT2D eigenvalue weighted by Gasteiger charge is -2.15. The Kier molecular flexibility index (Phi) is 6.60. The number of hydrogen-bond donors (Lipinski definition) is 1. The molecule has 2 heterocycles. The Balaban J connectivity index is 1.59. The average Bonchev–Trinajstić information content (AvgIpc) is 3.51. The van der Waals surface area contributed by atoms with E-state index in [2.05, 4.69) is 15.5 Å². The van der Waals surface area contributed by atoms with Gasteiger partial charge in [-0.2, -0.15) is 0 Å². The maximum absolute atomic E-state index is 13.4. The molecule has 0 unspecified atom stereocenters. The van der Waals surface area contributed by atoms with E-state index in [4.69, 9.17) is 0 Å². The van der Waals surface area contributed by atoms with Gasteiger partial charge in [-0.1, -0.05) is 50.6 Å². The first-order valence-electron chi connectivity index (χ1n) is 12.0. The first kappa shape index (κ1) is 23.5. The van der Waals surface area contributed by atoms with Crippen molar-refractivity contribution in [2.45, 2.75) is 63.0 Å². The molecule has 4 aromatic rings. The zero-order valence-corrected chi connectivity index (χ0v) is 20.6. The van der Waals surface area contributed by atoms with Crippen molar-refractivity contribution in [2.75, 3.05) is 0 Å². The lowest BCUT2D eigenvalue weighted by molar-refractivity contribution is 0.0938. The van der Waals surface area contributed by atoms with Gasteiger partial charge in [-0.15, -0.1) is 10.2 Å². The topological polar surface area (TPSA) is 81.3 Å². The largest absolute Gasteiger partial charge is 0.349 e. The van der Waals surface area contributed by atoms with Crippen molar-refractivity contribution in [1.29, 1.82) is 0 Å². The van der Waals surface area contributed by atoms with Crippen LogP contribution in [0.25, 0.3) is 16.7 Å². The van der Waals surface area contributed by atoms with Crippen LogP contribution in [0.4, 0.5) is 4.39 Å². The van der Waals surface area contributed by atoms with Crippen molar-refractivity contribution in [3.63, 3.8) is 0 Å². The van der Waals surface area contributed by atoms with Crippen LogP contribution < -0.4 is 10.9 Å². The van der Waals surface area contributed by atoms with Crippen LogP contribution in [-0.2, 0) is 12.3 Å². The number of halogens is 1. The molecule has 0 radical (unpaired) electrons. The van der Waals surface area contributed by atoms with Crippen molar-refractivity contribution >= 4 is 34.3 Å². The van der Waals surface area contributed by atoms with E-state index in [1.807, 2.05) is 18.2 Å². The molecule has 1 N–H and O–H groups in total. The molecule has 0 aliphatic heterocycles. The number of fused-ring (bicyclic) bond motifs is 3. The van der Waals surface area contributed by atoms with Crippen molar-refractivity contribution in [3.05, 3.63) is 69.8 Å². The second-order valence-corrected chi connectivity index (χ2v) is 10.5. The fourth-order valence-corrected chi connectivity index (χ4v) is 5.51. The van der Waals surface area contributed by atoms with Crippen molar-refractivity contribution in [3.8, 4) is 0 Å². The molecule has 1 aliphatic rings. The first-order valence-corrected chi connectivity index (χ1v) is 13.0. The van der Waals surface area contributed by atoms with Gasteiger partial charge in [-0.05, 0) is 54.7 Å². The summed E-state index contributed by atoms with van der Waals surface area (Å²) in [5.74, 6) is 0.836. The van der Waals surface area contributed by atoms with E-state index in [0.29, 0.717) is 39.7 Å². The normalized spacial score (nSPS) is 14.4. The van der Waals surface area contributed by atoms with Gasteiger partial charge in [0, 0.05) is 23.9 Å². The third-order valence-electron chi connectivity index (χ3n) is 6.35. The van der Waals surface area contributed by atoms with E-state index in [9.17, 15) is 14.0 Å². The number of carbonyl (C=O) groups excluding carboxylic acids is 1. The van der Waals surface area contributed by atoms with Gasteiger partial charge in [0.1, 0.15) is 5.82 Å². The second-order valence-electron chi connectivity index (χ2n) is 9.53. The average molecular weight is 494 g/mol. The molecular weight excluding hydrogens is 465 g/mol. The van der Waals surface area contributed by atoms with Crippen molar-refractivity contribution in [1.82, 2.24) is 24.5 Å². The van der Waals surface area contributed by atoms with Gasteiger partial charge in [-0.3, -0.25) is 18.6 Å². The number of amides is 1. The lowest BCUT2D eigenvalue weighted by Crippen LogP contribution is -2.32. The number of hydrogen-bond acceptors (Lipinski definition) is 5. The predicted octanol–water partition coefficient (Wildman–Crippen LogP) is 4.80. The van der Waals surface area contributed by atoms with Gasteiger partial charge in [0.25, 0.3) is 11.5 Å². The maximum Gasteiger partial charge on any atom is 0.262 e. The Hall–Kier alpha value is -3.20. The minimum atomic E-state index is -0.279. The molecule has 2 aromatic heterocycles. The Labute approximate surface area is 206 Å². The van der Waals surface area contributed by atoms with Crippen LogP contribution in [0.15, 0.2) is 52.4 Å². The number of carbonyl (C=O) groups is 1. The highest BCUT2D eigenvalue weighted by molar-refractivity contribution is 7.98. The van der Waals surface area contributed by atoms with E-state index < -0.39 is 0 Å². The number of benzene rings is 2. The summed E-state index contributed by atoms with van der Waals surface area (Å²) in [5, 5.41) is 13.0. The summed E-state index contributed by atoms with van der Waals surface area (Å²) < 4.78 is 16.8. The number of nitrogens with one attached hydrogen (secondary N) is 1. The number of rotatable bonds is 7. The molecule has 1 amide bonds. The summed E-state index contributed by atoms with van der Waals surface area (Å²) >= 11 is 1.46. The molecule has 182 valence electrons.